The lowest BCUT2D eigenvalue weighted by Gasteiger charge is -2.32. The van der Waals surface area contributed by atoms with Gasteiger partial charge in [-0.25, -0.2) is 4.98 Å². The van der Waals surface area contributed by atoms with Crippen molar-refractivity contribution in [1.82, 2.24) is 19.8 Å². The SMILES string of the molecule is CCc1cc2c(NC3CCN(CC)CC3)nc(N3CCCCC3)nc2cc1C#CCCN1CCCC(P)C1. The third-order valence-corrected chi connectivity index (χ3v) is 9.17. The van der Waals surface area contributed by atoms with Crippen molar-refractivity contribution < 1.29 is 0 Å². The van der Waals surface area contributed by atoms with Gasteiger partial charge in [0.05, 0.1) is 5.52 Å². The molecule has 2 aromatic rings. The van der Waals surface area contributed by atoms with Gasteiger partial charge < -0.3 is 20.0 Å². The van der Waals surface area contributed by atoms with Crippen LogP contribution in [0.2, 0.25) is 0 Å². The third-order valence-electron chi connectivity index (χ3n) is 8.62. The van der Waals surface area contributed by atoms with Gasteiger partial charge in [-0.3, -0.25) is 0 Å². The van der Waals surface area contributed by atoms with Gasteiger partial charge in [0.2, 0.25) is 5.95 Å². The van der Waals surface area contributed by atoms with E-state index in [9.17, 15) is 0 Å². The maximum absolute atomic E-state index is 5.14. The average Bonchev–Trinajstić information content (AvgIpc) is 2.95. The molecule has 0 amide bonds. The van der Waals surface area contributed by atoms with Crippen molar-refractivity contribution in [3.63, 3.8) is 0 Å². The van der Waals surface area contributed by atoms with Crippen LogP contribution in [0.4, 0.5) is 11.8 Å². The van der Waals surface area contributed by atoms with Crippen LogP contribution in [0, 0.1) is 11.8 Å². The molecule has 4 heterocycles. The summed E-state index contributed by atoms with van der Waals surface area (Å²) >= 11 is 0. The smallest absolute Gasteiger partial charge is 0.227 e. The lowest BCUT2D eigenvalue weighted by molar-refractivity contribution is 0.229. The molecule has 0 spiro atoms. The Kier molecular flexibility index (Phi) is 9.76. The Bertz CT molecular complexity index is 1130. The molecule has 0 bridgehead atoms. The van der Waals surface area contributed by atoms with Crippen LogP contribution < -0.4 is 10.2 Å². The lowest BCUT2D eigenvalue weighted by atomic mass is 10.0. The Balaban J connectivity index is 1.40. The largest absolute Gasteiger partial charge is 0.367 e. The maximum Gasteiger partial charge on any atom is 0.227 e. The number of fused-ring (bicyclic) bond motifs is 1. The zero-order chi connectivity index (χ0) is 26.3. The summed E-state index contributed by atoms with van der Waals surface area (Å²) in [5.74, 6) is 8.93. The highest BCUT2D eigenvalue weighted by Gasteiger charge is 2.22. The summed E-state index contributed by atoms with van der Waals surface area (Å²) in [7, 11) is 3.00. The molecule has 7 heteroatoms. The second-order valence-corrected chi connectivity index (χ2v) is 12.4. The molecule has 206 valence electrons. The quantitative estimate of drug-likeness (QED) is 0.391. The van der Waals surface area contributed by atoms with Gasteiger partial charge in [-0.1, -0.05) is 25.7 Å². The standard InChI is InChI=1S/C31H47N6P/c1-3-24-21-28-29(22-25(24)11-6-9-15-36-16-10-12-27(38)23-36)33-31(37-17-7-5-8-18-37)34-30(28)32-26-13-19-35(4-2)20-14-26/h21-22,26-27H,3-5,7-10,12-20,23,38H2,1-2H3,(H,32,33,34). The van der Waals surface area contributed by atoms with E-state index in [4.69, 9.17) is 9.97 Å². The Labute approximate surface area is 232 Å². The number of hydrogen-bond donors (Lipinski definition) is 1. The van der Waals surface area contributed by atoms with Gasteiger partial charge in [0, 0.05) is 62.7 Å². The number of nitrogens with zero attached hydrogens (tertiary/aromatic N) is 5. The number of anilines is 2. The lowest BCUT2D eigenvalue weighted by Crippen LogP contribution is -2.39. The summed E-state index contributed by atoms with van der Waals surface area (Å²) in [6, 6.07) is 5.01. The minimum atomic E-state index is 0.463. The fourth-order valence-electron chi connectivity index (χ4n) is 6.22. The van der Waals surface area contributed by atoms with Gasteiger partial charge in [0.15, 0.2) is 0 Å². The molecule has 38 heavy (non-hydrogen) atoms. The van der Waals surface area contributed by atoms with E-state index in [1.54, 1.807) is 0 Å². The average molecular weight is 535 g/mol. The normalized spacial score (nSPS) is 21.9. The monoisotopic (exact) mass is 534 g/mol. The third kappa shape index (κ3) is 6.98. The number of likely N-dealkylation sites (tertiary alicyclic amines) is 2. The summed E-state index contributed by atoms with van der Waals surface area (Å²) < 4.78 is 0. The highest BCUT2D eigenvalue weighted by atomic mass is 31.0. The molecule has 2 atom stereocenters. The molecule has 3 saturated heterocycles. The van der Waals surface area contributed by atoms with Gasteiger partial charge in [0.1, 0.15) is 5.82 Å². The maximum atomic E-state index is 5.14. The Hall–Kier alpha value is -1.93. The van der Waals surface area contributed by atoms with Gasteiger partial charge >= 0.3 is 0 Å². The second kappa shape index (κ2) is 13.4. The number of rotatable bonds is 7. The summed E-state index contributed by atoms with van der Waals surface area (Å²) in [5, 5.41) is 5.01. The van der Waals surface area contributed by atoms with E-state index < -0.39 is 0 Å². The summed E-state index contributed by atoms with van der Waals surface area (Å²) in [4.78, 5) is 17.7. The topological polar surface area (TPSA) is 47.5 Å². The van der Waals surface area contributed by atoms with Crippen molar-refractivity contribution in [2.75, 3.05) is 62.6 Å². The van der Waals surface area contributed by atoms with Crippen molar-refractivity contribution in [1.29, 1.82) is 0 Å². The number of piperidine rings is 3. The zero-order valence-corrected chi connectivity index (χ0v) is 24.8. The Morgan fingerprint density at radius 2 is 1.76 bits per heavy atom. The van der Waals surface area contributed by atoms with E-state index in [0.717, 1.165) is 98.8 Å². The predicted molar refractivity (Wildman–Crippen MR) is 164 cm³/mol. The molecular weight excluding hydrogens is 487 g/mol. The highest BCUT2D eigenvalue weighted by molar-refractivity contribution is 7.17. The van der Waals surface area contributed by atoms with Crippen LogP contribution in [0.25, 0.3) is 10.9 Å². The van der Waals surface area contributed by atoms with Crippen LogP contribution in [0.3, 0.4) is 0 Å². The van der Waals surface area contributed by atoms with Crippen molar-refractivity contribution >= 4 is 31.9 Å². The Morgan fingerprint density at radius 3 is 2.50 bits per heavy atom. The fraction of sp³-hybridized carbons (Fsp3) is 0.677. The van der Waals surface area contributed by atoms with E-state index in [1.807, 2.05) is 0 Å². The van der Waals surface area contributed by atoms with Crippen molar-refractivity contribution in [2.45, 2.75) is 83.3 Å². The molecule has 6 nitrogen and oxygen atoms in total. The summed E-state index contributed by atoms with van der Waals surface area (Å²) in [6.45, 7) is 13.5. The number of nitrogens with one attached hydrogen (secondary N) is 1. The minimum Gasteiger partial charge on any atom is -0.367 e. The summed E-state index contributed by atoms with van der Waals surface area (Å²) in [6.07, 6.45) is 10.6. The zero-order valence-electron chi connectivity index (χ0n) is 23.6. The van der Waals surface area contributed by atoms with Crippen molar-refractivity contribution in [3.8, 4) is 11.8 Å². The number of aromatic nitrogens is 2. The molecule has 3 fully saturated rings. The van der Waals surface area contributed by atoms with E-state index >= 15 is 0 Å². The molecule has 0 aliphatic carbocycles. The van der Waals surface area contributed by atoms with E-state index in [0.29, 0.717) is 6.04 Å². The first-order valence-corrected chi connectivity index (χ1v) is 15.8. The van der Waals surface area contributed by atoms with E-state index in [-0.39, 0.29) is 0 Å². The van der Waals surface area contributed by atoms with E-state index in [1.165, 1.54) is 50.8 Å². The van der Waals surface area contributed by atoms with E-state index in [2.05, 4.69) is 67.1 Å². The van der Waals surface area contributed by atoms with Crippen molar-refractivity contribution in [2.24, 2.45) is 0 Å². The highest BCUT2D eigenvalue weighted by Crippen LogP contribution is 2.30. The molecule has 5 rings (SSSR count). The number of benzene rings is 1. The van der Waals surface area contributed by atoms with Crippen molar-refractivity contribution in [3.05, 3.63) is 23.3 Å². The van der Waals surface area contributed by atoms with Crippen LogP contribution in [-0.4, -0.2) is 83.8 Å². The van der Waals surface area contributed by atoms with Gasteiger partial charge in [0.25, 0.3) is 0 Å². The van der Waals surface area contributed by atoms with Crippen LogP contribution in [-0.2, 0) is 6.42 Å². The van der Waals surface area contributed by atoms with Gasteiger partial charge in [-0.15, -0.1) is 9.24 Å². The first kappa shape index (κ1) is 27.6. The summed E-state index contributed by atoms with van der Waals surface area (Å²) in [5.41, 5.74) is 4.19. The first-order valence-electron chi connectivity index (χ1n) is 15.2. The molecular formula is C31H47N6P. The number of aryl methyl sites for hydroxylation is 1. The molecule has 0 saturated carbocycles. The second-order valence-electron chi connectivity index (χ2n) is 11.4. The van der Waals surface area contributed by atoms with Crippen LogP contribution in [0.15, 0.2) is 12.1 Å². The molecule has 1 N–H and O–H groups in total. The van der Waals surface area contributed by atoms with Gasteiger partial charge in [-0.05, 0) is 87.8 Å². The Morgan fingerprint density at radius 1 is 0.947 bits per heavy atom. The minimum absolute atomic E-state index is 0.463. The predicted octanol–water partition coefficient (Wildman–Crippen LogP) is 5.16. The molecule has 1 aromatic carbocycles. The van der Waals surface area contributed by atoms with Crippen LogP contribution in [0.5, 0.6) is 0 Å². The van der Waals surface area contributed by atoms with Crippen LogP contribution >= 0.6 is 9.24 Å². The molecule has 2 unspecified atom stereocenters. The van der Waals surface area contributed by atoms with Gasteiger partial charge in [-0.2, -0.15) is 4.98 Å². The number of hydrogen-bond acceptors (Lipinski definition) is 6. The molecule has 1 aromatic heterocycles. The fourth-order valence-corrected chi connectivity index (χ4v) is 6.75. The molecule has 0 radical (unpaired) electrons. The van der Waals surface area contributed by atoms with Crippen LogP contribution in [0.1, 0.15) is 76.3 Å². The molecule has 3 aliphatic heterocycles. The first-order chi connectivity index (χ1) is 18.6. The molecule has 3 aliphatic rings.